The Morgan fingerprint density at radius 2 is 1.67 bits per heavy atom. The molecule has 0 amide bonds. The van der Waals surface area contributed by atoms with Gasteiger partial charge in [0.2, 0.25) is 0 Å². The maximum absolute atomic E-state index is 4.61. The topological polar surface area (TPSA) is 43.6 Å². The maximum atomic E-state index is 4.61. The van der Waals surface area contributed by atoms with Gasteiger partial charge in [-0.05, 0) is 65.4 Å². The van der Waals surface area contributed by atoms with Gasteiger partial charge in [-0.3, -0.25) is 14.6 Å². The van der Waals surface area contributed by atoms with Crippen molar-refractivity contribution in [2.24, 2.45) is 0 Å². The monoisotopic (exact) mass is 588 g/mol. The summed E-state index contributed by atoms with van der Waals surface area (Å²) in [5.41, 5.74) is 7.65. The van der Waals surface area contributed by atoms with Gasteiger partial charge in [-0.1, -0.05) is 30.3 Å². The smallest absolute Gasteiger partial charge is 0.127 e. The Bertz CT molecular complexity index is 1320. The number of hydrogen-bond donors (Lipinski definition) is 0. The molecular weight excluding hydrogens is 569 g/mol. The number of rotatable bonds is 3. The molecule has 151 valence electrons. The molecule has 5 aromatic rings. The second-order valence-corrected chi connectivity index (χ2v) is 8.38. The zero-order valence-corrected chi connectivity index (χ0v) is 20.0. The van der Waals surface area contributed by atoms with Crippen LogP contribution in [0.25, 0.3) is 38.4 Å². The quantitative estimate of drug-likeness (QED) is 0.246. The molecule has 0 aliphatic rings. The molecule has 0 saturated heterocycles. The van der Waals surface area contributed by atoms with Crippen molar-refractivity contribution in [1.82, 2.24) is 19.7 Å². The molecule has 5 rings (SSSR count). The summed E-state index contributed by atoms with van der Waals surface area (Å²) in [6.07, 6.45) is 1.60. The molecule has 0 N–H and O–H groups in total. The fourth-order valence-electron chi connectivity index (χ4n) is 3.79. The first-order valence-corrected chi connectivity index (χ1v) is 10.3. The van der Waals surface area contributed by atoms with Crippen LogP contribution < -0.4 is 0 Å². The van der Waals surface area contributed by atoms with Crippen molar-refractivity contribution in [3.05, 3.63) is 83.1 Å². The SMILES string of the molecule is Cc1nc2cc(-c3ncnn3-c3c(C)cc(-c4ccccc4)cc3C)[c-]cc2s1.[Ir]. The molecule has 0 unspecified atom stereocenters. The van der Waals surface area contributed by atoms with E-state index in [0.29, 0.717) is 0 Å². The molecule has 0 aliphatic carbocycles. The van der Waals surface area contributed by atoms with E-state index in [1.54, 1.807) is 17.7 Å². The standard InChI is InChI=1S/C24H19N4S.Ir/c1-15-11-20(18-7-5-4-6-8-18)12-16(2)23(15)28-24(25-14-26-28)19-9-10-22-21(13-19)27-17(3)29-22;/h4-8,10-14H,1-3H3;/q-1;. The number of benzene rings is 3. The molecule has 0 atom stereocenters. The van der Waals surface area contributed by atoms with Gasteiger partial charge in [-0.2, -0.15) is 16.4 Å². The third kappa shape index (κ3) is 3.63. The Balaban J connectivity index is 0.00000218. The molecule has 2 aromatic heterocycles. The Hall–Kier alpha value is -2.66. The first-order chi connectivity index (χ1) is 14.1. The average molecular weight is 588 g/mol. The zero-order chi connectivity index (χ0) is 20.0. The summed E-state index contributed by atoms with van der Waals surface area (Å²) in [6.45, 7) is 6.27. The van der Waals surface area contributed by atoms with E-state index in [2.05, 4.69) is 71.4 Å². The van der Waals surface area contributed by atoms with Gasteiger partial charge in [0.25, 0.3) is 0 Å². The number of aryl methyl sites for hydroxylation is 3. The number of aromatic nitrogens is 4. The van der Waals surface area contributed by atoms with E-state index in [1.165, 1.54) is 11.1 Å². The number of nitrogens with zero attached hydrogens (tertiary/aromatic N) is 4. The fraction of sp³-hybridized carbons (Fsp3) is 0.125. The molecule has 30 heavy (non-hydrogen) atoms. The minimum atomic E-state index is 0. The van der Waals surface area contributed by atoms with Crippen molar-refractivity contribution in [2.45, 2.75) is 20.8 Å². The van der Waals surface area contributed by atoms with E-state index in [4.69, 9.17) is 0 Å². The van der Waals surface area contributed by atoms with E-state index < -0.39 is 0 Å². The van der Waals surface area contributed by atoms with Crippen LogP contribution in [0.4, 0.5) is 0 Å². The van der Waals surface area contributed by atoms with Crippen LogP contribution in [-0.4, -0.2) is 19.7 Å². The summed E-state index contributed by atoms with van der Waals surface area (Å²) >= 11 is 1.68. The van der Waals surface area contributed by atoms with E-state index >= 15 is 0 Å². The third-order valence-corrected chi connectivity index (χ3v) is 5.96. The first kappa shape index (κ1) is 20.6. The number of thiazole rings is 1. The largest absolute Gasteiger partial charge is 0.264 e. The van der Waals surface area contributed by atoms with Crippen LogP contribution in [0.2, 0.25) is 0 Å². The van der Waals surface area contributed by atoms with Gasteiger partial charge in [0.1, 0.15) is 6.33 Å². The normalized spacial score (nSPS) is 10.9. The molecule has 4 nitrogen and oxygen atoms in total. The van der Waals surface area contributed by atoms with E-state index in [9.17, 15) is 0 Å². The van der Waals surface area contributed by atoms with Crippen LogP contribution >= 0.6 is 11.3 Å². The molecule has 6 heteroatoms. The summed E-state index contributed by atoms with van der Waals surface area (Å²) in [5.74, 6) is 0.774. The van der Waals surface area contributed by atoms with Crippen LogP contribution in [0.15, 0.2) is 60.9 Å². The first-order valence-electron chi connectivity index (χ1n) is 9.46. The van der Waals surface area contributed by atoms with E-state index in [-0.39, 0.29) is 20.1 Å². The summed E-state index contributed by atoms with van der Waals surface area (Å²) in [6, 6.07) is 22.2. The van der Waals surface area contributed by atoms with Crippen molar-refractivity contribution in [1.29, 1.82) is 0 Å². The second-order valence-electron chi connectivity index (χ2n) is 7.15. The van der Waals surface area contributed by atoms with Crippen LogP contribution in [0.3, 0.4) is 0 Å². The predicted molar refractivity (Wildman–Crippen MR) is 118 cm³/mol. The fourth-order valence-corrected chi connectivity index (χ4v) is 4.58. The van der Waals surface area contributed by atoms with Crippen molar-refractivity contribution in [3.63, 3.8) is 0 Å². The molecule has 0 bridgehead atoms. The average Bonchev–Trinajstić information content (AvgIpc) is 3.33. The van der Waals surface area contributed by atoms with Crippen LogP contribution in [0.5, 0.6) is 0 Å². The number of fused-ring (bicyclic) bond motifs is 1. The van der Waals surface area contributed by atoms with Crippen molar-refractivity contribution >= 4 is 21.6 Å². The molecular formula is C24H19IrN4S-. The van der Waals surface area contributed by atoms with Crippen LogP contribution in [0.1, 0.15) is 16.1 Å². The van der Waals surface area contributed by atoms with Gasteiger partial charge in [0.15, 0.2) is 0 Å². The molecule has 0 fully saturated rings. The van der Waals surface area contributed by atoms with Gasteiger partial charge in [0.05, 0.1) is 16.5 Å². The summed E-state index contributed by atoms with van der Waals surface area (Å²) in [4.78, 5) is 9.14. The van der Waals surface area contributed by atoms with Crippen molar-refractivity contribution in [2.75, 3.05) is 0 Å². The summed E-state index contributed by atoms with van der Waals surface area (Å²) < 4.78 is 3.05. The van der Waals surface area contributed by atoms with Gasteiger partial charge in [0, 0.05) is 20.1 Å². The van der Waals surface area contributed by atoms with Crippen molar-refractivity contribution < 1.29 is 20.1 Å². The molecule has 2 heterocycles. The zero-order valence-electron chi connectivity index (χ0n) is 16.8. The molecule has 0 spiro atoms. The predicted octanol–water partition coefficient (Wildman–Crippen LogP) is 5.93. The van der Waals surface area contributed by atoms with E-state index in [1.807, 2.05) is 29.8 Å². The van der Waals surface area contributed by atoms with E-state index in [0.717, 1.165) is 43.4 Å². The third-order valence-electron chi connectivity index (χ3n) is 5.03. The van der Waals surface area contributed by atoms with Crippen molar-refractivity contribution in [3.8, 4) is 28.2 Å². The van der Waals surface area contributed by atoms with Crippen LogP contribution in [-0.2, 0) is 20.1 Å². The Labute approximate surface area is 193 Å². The van der Waals surface area contributed by atoms with Crippen LogP contribution in [0, 0.1) is 26.8 Å². The second kappa shape index (κ2) is 8.23. The molecule has 1 radical (unpaired) electrons. The molecule has 3 aromatic carbocycles. The Kier molecular flexibility index (Phi) is 5.65. The molecule has 0 saturated carbocycles. The minimum Gasteiger partial charge on any atom is -0.264 e. The van der Waals surface area contributed by atoms with Gasteiger partial charge < -0.3 is 0 Å². The number of hydrogen-bond acceptors (Lipinski definition) is 4. The van der Waals surface area contributed by atoms with Gasteiger partial charge >= 0.3 is 0 Å². The Morgan fingerprint density at radius 3 is 2.40 bits per heavy atom. The summed E-state index contributed by atoms with van der Waals surface area (Å²) in [5, 5.41) is 5.59. The summed E-state index contributed by atoms with van der Waals surface area (Å²) in [7, 11) is 0. The maximum Gasteiger partial charge on any atom is 0.127 e. The minimum absolute atomic E-state index is 0. The molecule has 0 aliphatic heterocycles. The Morgan fingerprint density at radius 1 is 0.933 bits per heavy atom. The van der Waals surface area contributed by atoms with Gasteiger partial charge in [-0.15, -0.1) is 23.8 Å². The van der Waals surface area contributed by atoms with Gasteiger partial charge in [-0.25, -0.2) is 0 Å².